The SMILES string of the molecule is COCCN1C2=C(C(=O)CC(C)(C)C2)C(c2cc(Cl)c(OCc3ccccc3Br)c(OC)c2)C2=C1CC(C)(C)CC2=O. The third-order valence-electron chi connectivity index (χ3n) is 8.46. The molecule has 8 heteroatoms. The van der Waals surface area contributed by atoms with Gasteiger partial charge in [0.2, 0.25) is 0 Å². The number of hydrogen-bond donors (Lipinski definition) is 0. The molecule has 0 atom stereocenters. The van der Waals surface area contributed by atoms with E-state index in [1.165, 1.54) is 0 Å². The number of halogens is 2. The van der Waals surface area contributed by atoms with Gasteiger partial charge in [-0.2, -0.15) is 0 Å². The summed E-state index contributed by atoms with van der Waals surface area (Å²) in [5, 5.41) is 0.370. The van der Waals surface area contributed by atoms with E-state index in [0.29, 0.717) is 60.3 Å². The zero-order valence-corrected chi connectivity index (χ0v) is 27.6. The topological polar surface area (TPSA) is 65.1 Å². The van der Waals surface area contributed by atoms with Crippen LogP contribution in [0.5, 0.6) is 11.5 Å². The molecule has 0 saturated carbocycles. The lowest BCUT2D eigenvalue weighted by molar-refractivity contribution is -0.119. The lowest BCUT2D eigenvalue weighted by Crippen LogP contribution is -2.45. The van der Waals surface area contributed by atoms with Crippen molar-refractivity contribution in [3.05, 3.63) is 79.6 Å². The van der Waals surface area contributed by atoms with Crippen LogP contribution in [0.3, 0.4) is 0 Å². The molecule has 0 bridgehead atoms. The number of ether oxygens (including phenoxy) is 3. The van der Waals surface area contributed by atoms with Crippen molar-refractivity contribution < 1.29 is 23.8 Å². The van der Waals surface area contributed by atoms with Crippen LogP contribution in [0.4, 0.5) is 0 Å². The van der Waals surface area contributed by atoms with Crippen molar-refractivity contribution in [2.45, 2.75) is 65.9 Å². The Morgan fingerprint density at radius 3 is 2.07 bits per heavy atom. The van der Waals surface area contributed by atoms with Crippen LogP contribution in [0.15, 0.2) is 63.4 Å². The second-order valence-electron chi connectivity index (χ2n) is 13.1. The Kier molecular flexibility index (Phi) is 8.68. The van der Waals surface area contributed by atoms with Crippen LogP contribution in [0, 0.1) is 10.8 Å². The largest absolute Gasteiger partial charge is 0.493 e. The van der Waals surface area contributed by atoms with Gasteiger partial charge in [-0.05, 0) is 47.4 Å². The fourth-order valence-electron chi connectivity index (χ4n) is 6.65. The van der Waals surface area contributed by atoms with Crippen molar-refractivity contribution in [1.82, 2.24) is 4.90 Å². The number of Topliss-reactive ketones (excluding diaryl/α,β-unsaturated/α-hetero) is 2. The molecule has 0 saturated heterocycles. The van der Waals surface area contributed by atoms with Gasteiger partial charge < -0.3 is 19.1 Å². The minimum Gasteiger partial charge on any atom is -0.493 e. The molecule has 0 aromatic heterocycles. The predicted octanol–water partition coefficient (Wildman–Crippen LogP) is 8.02. The van der Waals surface area contributed by atoms with Crippen molar-refractivity contribution in [2.24, 2.45) is 10.8 Å². The van der Waals surface area contributed by atoms with Gasteiger partial charge in [0.05, 0.1) is 18.7 Å². The molecule has 0 spiro atoms. The average molecular weight is 657 g/mol. The maximum atomic E-state index is 14.0. The maximum Gasteiger partial charge on any atom is 0.180 e. The van der Waals surface area contributed by atoms with Gasteiger partial charge in [-0.25, -0.2) is 0 Å². The number of carbonyl (C=O) groups excluding carboxylic acids is 2. The monoisotopic (exact) mass is 655 g/mol. The first-order valence-corrected chi connectivity index (χ1v) is 15.6. The predicted molar refractivity (Wildman–Crippen MR) is 168 cm³/mol. The first kappa shape index (κ1) is 30.8. The molecule has 0 unspecified atom stereocenters. The molecule has 42 heavy (non-hydrogen) atoms. The second-order valence-corrected chi connectivity index (χ2v) is 14.4. The lowest BCUT2D eigenvalue weighted by Gasteiger charge is -2.49. The van der Waals surface area contributed by atoms with Gasteiger partial charge >= 0.3 is 0 Å². The van der Waals surface area contributed by atoms with Crippen molar-refractivity contribution in [3.8, 4) is 11.5 Å². The Balaban J connectivity index is 1.66. The van der Waals surface area contributed by atoms with Crippen molar-refractivity contribution >= 4 is 39.1 Å². The maximum absolute atomic E-state index is 14.0. The Labute approximate surface area is 262 Å². The van der Waals surface area contributed by atoms with Crippen molar-refractivity contribution in [1.29, 1.82) is 0 Å². The molecule has 6 nitrogen and oxygen atoms in total. The summed E-state index contributed by atoms with van der Waals surface area (Å²) in [6.45, 7) is 9.90. The molecule has 0 N–H and O–H groups in total. The van der Waals surface area contributed by atoms with Crippen LogP contribution in [0.2, 0.25) is 5.02 Å². The fraction of sp³-hybridized carbons (Fsp3) is 0.471. The molecule has 2 aromatic carbocycles. The third kappa shape index (κ3) is 5.93. The number of methoxy groups -OCH3 is 2. The van der Waals surface area contributed by atoms with E-state index in [2.05, 4.69) is 48.5 Å². The van der Waals surface area contributed by atoms with E-state index >= 15 is 0 Å². The van der Waals surface area contributed by atoms with E-state index in [9.17, 15) is 9.59 Å². The van der Waals surface area contributed by atoms with Crippen LogP contribution < -0.4 is 9.47 Å². The van der Waals surface area contributed by atoms with Crippen LogP contribution >= 0.6 is 27.5 Å². The Morgan fingerprint density at radius 1 is 0.929 bits per heavy atom. The molecule has 0 amide bonds. The smallest absolute Gasteiger partial charge is 0.180 e. The molecule has 1 aliphatic heterocycles. The van der Waals surface area contributed by atoms with E-state index in [-0.39, 0.29) is 22.4 Å². The first-order valence-electron chi connectivity index (χ1n) is 14.4. The van der Waals surface area contributed by atoms with Gasteiger partial charge in [-0.3, -0.25) is 9.59 Å². The molecule has 2 aliphatic carbocycles. The van der Waals surface area contributed by atoms with Crippen LogP contribution in [-0.4, -0.2) is 43.8 Å². The summed E-state index contributed by atoms with van der Waals surface area (Å²) in [5.41, 5.74) is 4.71. The standard InChI is InChI=1S/C34H39BrClNO5/c1-33(2)15-24-30(26(38)17-33)29(31-25(37(24)11-12-40-5)16-34(3,4)18-27(31)39)21-13-23(36)32(28(14-21)41-6)42-19-20-9-7-8-10-22(20)35/h7-10,13-14,29H,11-12,15-19H2,1-6H3. The third-order valence-corrected chi connectivity index (χ3v) is 9.51. The van der Waals surface area contributed by atoms with E-state index < -0.39 is 5.92 Å². The molecule has 0 radical (unpaired) electrons. The highest BCUT2D eigenvalue weighted by Crippen LogP contribution is 2.55. The molecule has 5 rings (SSSR count). The molecule has 2 aromatic rings. The Hall–Kier alpha value is -2.61. The highest BCUT2D eigenvalue weighted by Gasteiger charge is 2.49. The van der Waals surface area contributed by atoms with Gasteiger partial charge in [-0.1, -0.05) is 73.4 Å². The van der Waals surface area contributed by atoms with E-state index in [0.717, 1.165) is 39.8 Å². The molecule has 3 aliphatic rings. The molecular formula is C34H39BrClNO5. The molecule has 0 fully saturated rings. The van der Waals surface area contributed by atoms with Gasteiger partial charge in [0.1, 0.15) is 6.61 Å². The van der Waals surface area contributed by atoms with Gasteiger partial charge in [-0.15, -0.1) is 0 Å². The zero-order chi connectivity index (χ0) is 30.4. The average Bonchev–Trinajstić information content (AvgIpc) is 2.90. The summed E-state index contributed by atoms with van der Waals surface area (Å²) in [4.78, 5) is 30.2. The van der Waals surface area contributed by atoms with Gasteiger partial charge in [0.25, 0.3) is 0 Å². The molecule has 1 heterocycles. The fourth-order valence-corrected chi connectivity index (χ4v) is 7.32. The summed E-state index contributed by atoms with van der Waals surface area (Å²) < 4.78 is 18.4. The lowest BCUT2D eigenvalue weighted by atomic mass is 9.63. The van der Waals surface area contributed by atoms with E-state index in [1.807, 2.05) is 36.4 Å². The van der Waals surface area contributed by atoms with Gasteiger partial charge in [0, 0.05) is 65.0 Å². The quantitative estimate of drug-likeness (QED) is 0.287. The molecular weight excluding hydrogens is 618 g/mol. The van der Waals surface area contributed by atoms with Crippen LogP contribution in [0.25, 0.3) is 0 Å². The normalized spacial score (nSPS) is 20.0. The Bertz CT molecular complexity index is 1440. The first-order chi connectivity index (χ1) is 19.9. The van der Waals surface area contributed by atoms with Crippen LogP contribution in [0.1, 0.15) is 70.4 Å². The number of ketones is 2. The minimum atomic E-state index is -0.523. The van der Waals surface area contributed by atoms with Crippen LogP contribution in [-0.2, 0) is 20.9 Å². The zero-order valence-electron chi connectivity index (χ0n) is 25.2. The number of carbonyl (C=O) groups is 2. The highest BCUT2D eigenvalue weighted by molar-refractivity contribution is 9.10. The highest BCUT2D eigenvalue weighted by atomic mass is 79.9. The summed E-state index contributed by atoms with van der Waals surface area (Å²) >= 11 is 10.5. The summed E-state index contributed by atoms with van der Waals surface area (Å²) in [5.74, 6) is 0.503. The van der Waals surface area contributed by atoms with Crippen molar-refractivity contribution in [2.75, 3.05) is 27.4 Å². The van der Waals surface area contributed by atoms with E-state index in [4.69, 9.17) is 25.8 Å². The minimum absolute atomic E-state index is 0.0715. The summed E-state index contributed by atoms with van der Waals surface area (Å²) in [6.07, 6.45) is 2.30. The Morgan fingerprint density at radius 2 is 1.52 bits per heavy atom. The number of benzene rings is 2. The van der Waals surface area contributed by atoms with E-state index in [1.54, 1.807) is 14.2 Å². The summed E-state index contributed by atoms with van der Waals surface area (Å²) in [6, 6.07) is 11.6. The van der Waals surface area contributed by atoms with Gasteiger partial charge in [0.15, 0.2) is 23.1 Å². The summed E-state index contributed by atoms with van der Waals surface area (Å²) in [7, 11) is 3.25. The number of allylic oxidation sites excluding steroid dienone is 4. The molecule has 224 valence electrons. The number of rotatable bonds is 8. The number of nitrogens with zero attached hydrogens (tertiary/aromatic N) is 1. The number of hydrogen-bond acceptors (Lipinski definition) is 6. The second kappa shape index (κ2) is 11.8. The van der Waals surface area contributed by atoms with Crippen molar-refractivity contribution in [3.63, 3.8) is 0 Å².